The summed E-state index contributed by atoms with van der Waals surface area (Å²) in [4.78, 5) is 0. The van der Waals surface area contributed by atoms with Crippen LogP contribution in [0.2, 0.25) is 0 Å². The van der Waals surface area contributed by atoms with Crippen molar-refractivity contribution in [2.75, 3.05) is 0 Å². The first-order valence-corrected chi connectivity index (χ1v) is 7.58. The number of benzene rings is 2. The lowest BCUT2D eigenvalue weighted by atomic mass is 9.80. The van der Waals surface area contributed by atoms with Crippen LogP contribution in [0.3, 0.4) is 0 Å². The summed E-state index contributed by atoms with van der Waals surface area (Å²) in [5.41, 5.74) is 3.09. The van der Waals surface area contributed by atoms with Crippen LogP contribution in [0, 0.1) is 0 Å². The zero-order chi connectivity index (χ0) is 14.2. The van der Waals surface area contributed by atoms with Gasteiger partial charge in [0.1, 0.15) is 17.4 Å². The van der Waals surface area contributed by atoms with Crippen molar-refractivity contribution in [3.8, 4) is 0 Å². The second kappa shape index (κ2) is 5.05. The molecule has 2 aromatic carbocycles. The molecule has 1 aliphatic carbocycles. The number of furan rings is 1. The SMILES string of the molecule is OC(c1ccc(C2CCC2)cc1)c1cc2ccccc2o1. The number of aliphatic hydroxyl groups excluding tert-OH is 1. The molecule has 0 aliphatic heterocycles. The van der Waals surface area contributed by atoms with E-state index in [0.29, 0.717) is 5.76 Å². The minimum Gasteiger partial charge on any atom is -0.458 e. The Morgan fingerprint density at radius 3 is 2.43 bits per heavy atom. The summed E-state index contributed by atoms with van der Waals surface area (Å²) in [5, 5.41) is 11.5. The van der Waals surface area contributed by atoms with Gasteiger partial charge < -0.3 is 9.52 Å². The maximum absolute atomic E-state index is 10.5. The molecule has 1 saturated carbocycles. The molecule has 0 saturated heterocycles. The fraction of sp³-hybridized carbons (Fsp3) is 0.263. The smallest absolute Gasteiger partial charge is 0.138 e. The molecule has 1 fully saturated rings. The molecular formula is C19H18O2. The third-order valence-corrected chi connectivity index (χ3v) is 4.54. The van der Waals surface area contributed by atoms with Crippen molar-refractivity contribution in [2.24, 2.45) is 0 Å². The molecule has 1 heterocycles. The average Bonchev–Trinajstić information content (AvgIpc) is 2.89. The fourth-order valence-corrected chi connectivity index (χ4v) is 2.99. The van der Waals surface area contributed by atoms with Crippen LogP contribution in [-0.4, -0.2) is 5.11 Å². The molecular weight excluding hydrogens is 260 g/mol. The Morgan fingerprint density at radius 2 is 1.76 bits per heavy atom. The second-order valence-corrected chi connectivity index (χ2v) is 5.88. The molecule has 3 aromatic rings. The number of hydrogen-bond acceptors (Lipinski definition) is 2. The van der Waals surface area contributed by atoms with Gasteiger partial charge in [-0.3, -0.25) is 0 Å². The van der Waals surface area contributed by atoms with Gasteiger partial charge in [0.05, 0.1) is 0 Å². The number of fused-ring (bicyclic) bond motifs is 1. The minimum absolute atomic E-state index is 0.604. The zero-order valence-corrected chi connectivity index (χ0v) is 11.8. The minimum atomic E-state index is -0.701. The topological polar surface area (TPSA) is 33.4 Å². The van der Waals surface area contributed by atoms with Crippen LogP contribution in [-0.2, 0) is 0 Å². The molecule has 0 spiro atoms. The Labute approximate surface area is 124 Å². The van der Waals surface area contributed by atoms with Gasteiger partial charge in [-0.2, -0.15) is 0 Å². The first kappa shape index (κ1) is 12.7. The van der Waals surface area contributed by atoms with E-state index in [1.54, 1.807) is 0 Å². The second-order valence-electron chi connectivity index (χ2n) is 5.88. The number of rotatable bonds is 3. The van der Waals surface area contributed by atoms with E-state index in [2.05, 4.69) is 12.1 Å². The highest BCUT2D eigenvalue weighted by atomic mass is 16.4. The van der Waals surface area contributed by atoms with Gasteiger partial charge in [-0.25, -0.2) is 0 Å². The van der Waals surface area contributed by atoms with E-state index < -0.39 is 6.10 Å². The molecule has 21 heavy (non-hydrogen) atoms. The van der Waals surface area contributed by atoms with Crippen LogP contribution in [0.15, 0.2) is 59.0 Å². The standard InChI is InChI=1S/C19H18O2/c20-19(18-12-16-4-1-2-7-17(16)21-18)15-10-8-14(9-11-15)13-5-3-6-13/h1-2,4,7-13,19-20H,3,5-6H2. The lowest BCUT2D eigenvalue weighted by Gasteiger charge is -2.26. The van der Waals surface area contributed by atoms with Gasteiger partial charge in [-0.15, -0.1) is 0 Å². The van der Waals surface area contributed by atoms with Gasteiger partial charge >= 0.3 is 0 Å². The summed E-state index contributed by atoms with van der Waals surface area (Å²) in [6.45, 7) is 0. The van der Waals surface area contributed by atoms with E-state index in [-0.39, 0.29) is 0 Å². The van der Waals surface area contributed by atoms with Crippen molar-refractivity contribution in [2.45, 2.75) is 31.3 Å². The van der Waals surface area contributed by atoms with Crippen LogP contribution >= 0.6 is 0 Å². The summed E-state index contributed by atoms with van der Waals surface area (Å²) in [5.74, 6) is 1.33. The highest BCUT2D eigenvalue weighted by Crippen LogP contribution is 2.37. The van der Waals surface area contributed by atoms with E-state index in [9.17, 15) is 5.11 Å². The van der Waals surface area contributed by atoms with Crippen LogP contribution in [0.5, 0.6) is 0 Å². The van der Waals surface area contributed by atoms with Gasteiger partial charge in [0.25, 0.3) is 0 Å². The molecule has 0 amide bonds. The Kier molecular flexibility index (Phi) is 3.04. The first-order valence-electron chi connectivity index (χ1n) is 7.58. The molecule has 4 rings (SSSR count). The summed E-state index contributed by atoms with van der Waals surface area (Å²) in [6, 6.07) is 18.1. The Morgan fingerprint density at radius 1 is 1.00 bits per heavy atom. The van der Waals surface area contributed by atoms with Crippen LogP contribution in [0.4, 0.5) is 0 Å². The summed E-state index contributed by atoms with van der Waals surface area (Å²) < 4.78 is 5.74. The molecule has 106 valence electrons. The monoisotopic (exact) mass is 278 g/mol. The Balaban J connectivity index is 1.62. The molecule has 2 nitrogen and oxygen atoms in total. The molecule has 2 heteroatoms. The largest absolute Gasteiger partial charge is 0.458 e. The van der Waals surface area contributed by atoms with Crippen molar-refractivity contribution in [3.05, 3.63) is 71.5 Å². The quantitative estimate of drug-likeness (QED) is 0.747. The van der Waals surface area contributed by atoms with E-state index in [4.69, 9.17) is 4.42 Å². The predicted molar refractivity (Wildman–Crippen MR) is 83.3 cm³/mol. The van der Waals surface area contributed by atoms with Gasteiger partial charge in [-0.05, 0) is 42.0 Å². The molecule has 1 unspecified atom stereocenters. The van der Waals surface area contributed by atoms with Crippen molar-refractivity contribution in [1.29, 1.82) is 0 Å². The van der Waals surface area contributed by atoms with Gasteiger partial charge in [0, 0.05) is 5.39 Å². The van der Waals surface area contributed by atoms with Crippen LogP contribution in [0.1, 0.15) is 48.2 Å². The highest BCUT2D eigenvalue weighted by molar-refractivity contribution is 5.77. The number of hydrogen-bond donors (Lipinski definition) is 1. The molecule has 1 atom stereocenters. The van der Waals surface area contributed by atoms with Gasteiger partial charge in [0.2, 0.25) is 0 Å². The van der Waals surface area contributed by atoms with Crippen LogP contribution in [0.25, 0.3) is 11.0 Å². The lowest BCUT2D eigenvalue weighted by molar-refractivity contribution is 0.192. The molecule has 1 aliphatic rings. The third kappa shape index (κ3) is 2.26. The van der Waals surface area contributed by atoms with Crippen LogP contribution < -0.4 is 0 Å². The number of aliphatic hydroxyl groups is 1. The van der Waals surface area contributed by atoms with Crippen molar-refractivity contribution in [3.63, 3.8) is 0 Å². The van der Waals surface area contributed by atoms with Gasteiger partial charge in [-0.1, -0.05) is 48.9 Å². The molecule has 0 radical (unpaired) electrons. The Bertz CT molecular complexity index is 718. The molecule has 1 N–H and O–H groups in total. The summed E-state index contributed by atoms with van der Waals surface area (Å²) >= 11 is 0. The first-order chi connectivity index (χ1) is 10.3. The zero-order valence-electron chi connectivity index (χ0n) is 11.8. The normalized spacial score (nSPS) is 16.8. The summed E-state index contributed by atoms with van der Waals surface area (Å²) in [6.07, 6.45) is 3.23. The Hall–Kier alpha value is -2.06. The summed E-state index contributed by atoms with van der Waals surface area (Å²) in [7, 11) is 0. The number of para-hydroxylation sites is 1. The van der Waals surface area contributed by atoms with E-state index in [0.717, 1.165) is 22.5 Å². The van der Waals surface area contributed by atoms with Crippen molar-refractivity contribution < 1.29 is 9.52 Å². The van der Waals surface area contributed by atoms with Gasteiger partial charge in [0.15, 0.2) is 0 Å². The van der Waals surface area contributed by atoms with E-state index in [1.165, 1.54) is 24.8 Å². The fourth-order valence-electron chi connectivity index (χ4n) is 2.99. The highest BCUT2D eigenvalue weighted by Gasteiger charge is 2.20. The van der Waals surface area contributed by atoms with Crippen molar-refractivity contribution >= 4 is 11.0 Å². The molecule has 0 bridgehead atoms. The van der Waals surface area contributed by atoms with E-state index >= 15 is 0 Å². The third-order valence-electron chi connectivity index (χ3n) is 4.54. The van der Waals surface area contributed by atoms with E-state index in [1.807, 2.05) is 42.5 Å². The predicted octanol–water partition coefficient (Wildman–Crippen LogP) is 4.78. The lowest BCUT2D eigenvalue weighted by Crippen LogP contribution is -2.08. The average molecular weight is 278 g/mol. The molecule has 1 aromatic heterocycles. The maximum Gasteiger partial charge on any atom is 0.138 e. The maximum atomic E-state index is 10.5. The van der Waals surface area contributed by atoms with Crippen molar-refractivity contribution in [1.82, 2.24) is 0 Å².